The average molecular weight is 246 g/mol. The largest absolute Gasteiger partial charge is 0.456 e. The fourth-order valence-corrected chi connectivity index (χ4v) is 1.46. The summed E-state index contributed by atoms with van der Waals surface area (Å²) in [5.41, 5.74) is 0. The molecule has 0 saturated carbocycles. The van der Waals surface area contributed by atoms with Gasteiger partial charge in [-0.05, 0) is 0 Å². The second-order valence-electron chi connectivity index (χ2n) is 3.53. The number of esters is 3. The van der Waals surface area contributed by atoms with Crippen LogP contribution in [0.5, 0.6) is 0 Å². The third kappa shape index (κ3) is 4.03. The molecule has 0 aromatic rings. The van der Waals surface area contributed by atoms with Gasteiger partial charge in [0.1, 0.15) is 0 Å². The van der Waals surface area contributed by atoms with Crippen LogP contribution in [0.2, 0.25) is 0 Å². The summed E-state index contributed by atoms with van der Waals surface area (Å²) < 4.78 is 19.7. The summed E-state index contributed by atoms with van der Waals surface area (Å²) in [5.74, 6) is -1.68. The van der Waals surface area contributed by atoms with Gasteiger partial charge in [-0.15, -0.1) is 0 Å². The van der Waals surface area contributed by atoms with Crippen molar-refractivity contribution < 1.29 is 33.3 Å². The van der Waals surface area contributed by atoms with E-state index in [4.69, 9.17) is 18.9 Å². The molecule has 1 aliphatic rings. The highest BCUT2D eigenvalue weighted by Gasteiger charge is 2.44. The Labute approximate surface area is 98.0 Å². The summed E-state index contributed by atoms with van der Waals surface area (Å²) in [5, 5.41) is 0. The summed E-state index contributed by atoms with van der Waals surface area (Å²) in [6.07, 6.45) is -2.73. The van der Waals surface area contributed by atoms with Crippen LogP contribution in [0.25, 0.3) is 0 Å². The molecule has 1 heterocycles. The van der Waals surface area contributed by atoms with E-state index in [9.17, 15) is 14.4 Å². The fourth-order valence-electron chi connectivity index (χ4n) is 1.46. The minimum atomic E-state index is -1.04. The van der Waals surface area contributed by atoms with E-state index in [1.165, 1.54) is 20.8 Å². The molecule has 1 aliphatic heterocycles. The van der Waals surface area contributed by atoms with Crippen LogP contribution in [0.15, 0.2) is 0 Å². The van der Waals surface area contributed by atoms with Crippen LogP contribution >= 0.6 is 0 Å². The molecule has 0 N–H and O–H groups in total. The number of hydrogen-bond donors (Lipinski definition) is 0. The number of carbonyl (C=O) groups excluding carboxylic acids is 3. The Morgan fingerprint density at radius 3 is 1.94 bits per heavy atom. The van der Waals surface area contributed by atoms with Crippen molar-refractivity contribution in [1.29, 1.82) is 0 Å². The second-order valence-corrected chi connectivity index (χ2v) is 3.53. The van der Waals surface area contributed by atoms with E-state index in [2.05, 4.69) is 0 Å². The highest BCUT2D eigenvalue weighted by Crippen LogP contribution is 2.22. The fraction of sp³-hybridized carbons (Fsp3) is 0.700. The molecular weight excluding hydrogens is 232 g/mol. The first-order chi connectivity index (χ1) is 7.90. The second kappa shape index (κ2) is 5.62. The van der Waals surface area contributed by atoms with Gasteiger partial charge in [-0.1, -0.05) is 0 Å². The molecule has 1 rings (SSSR count). The Bertz CT molecular complexity index is 301. The Kier molecular flexibility index (Phi) is 4.45. The van der Waals surface area contributed by atoms with Crippen LogP contribution < -0.4 is 0 Å². The van der Waals surface area contributed by atoms with Crippen LogP contribution in [0.3, 0.4) is 0 Å². The molecule has 1 saturated heterocycles. The molecule has 96 valence electrons. The Hall–Kier alpha value is -1.63. The molecule has 0 amide bonds. The zero-order chi connectivity index (χ0) is 13.0. The highest BCUT2D eigenvalue weighted by atomic mass is 16.7. The molecule has 0 radical (unpaired) electrons. The van der Waals surface area contributed by atoms with Crippen molar-refractivity contribution in [3.8, 4) is 0 Å². The summed E-state index contributed by atoms with van der Waals surface area (Å²) >= 11 is 0. The van der Waals surface area contributed by atoms with E-state index in [-0.39, 0.29) is 6.61 Å². The zero-order valence-corrected chi connectivity index (χ0v) is 9.80. The van der Waals surface area contributed by atoms with Crippen molar-refractivity contribution in [3.63, 3.8) is 0 Å². The minimum Gasteiger partial charge on any atom is -0.456 e. The van der Waals surface area contributed by atoms with E-state index in [1.54, 1.807) is 0 Å². The van der Waals surface area contributed by atoms with E-state index in [0.717, 1.165) is 0 Å². The van der Waals surface area contributed by atoms with Crippen LogP contribution in [-0.2, 0) is 33.3 Å². The smallest absolute Gasteiger partial charge is 0.305 e. The summed E-state index contributed by atoms with van der Waals surface area (Å²) in [6.45, 7) is 3.64. The number of ether oxygens (including phenoxy) is 4. The minimum absolute atomic E-state index is 0.00940. The zero-order valence-electron chi connectivity index (χ0n) is 9.80. The predicted molar refractivity (Wildman–Crippen MR) is 52.6 cm³/mol. The van der Waals surface area contributed by atoms with Gasteiger partial charge in [0, 0.05) is 20.8 Å². The van der Waals surface area contributed by atoms with Crippen molar-refractivity contribution in [1.82, 2.24) is 0 Å². The standard InChI is InChI=1S/C10H14O7/c1-5(11)15-8-4-14-10(17-7(3)13)9(8)16-6(2)12/h8-10H,4H2,1-3H3/t8-,9-,10?/m0/s1. The lowest BCUT2D eigenvalue weighted by Crippen LogP contribution is -2.39. The lowest BCUT2D eigenvalue weighted by Gasteiger charge is -2.21. The van der Waals surface area contributed by atoms with Gasteiger partial charge < -0.3 is 18.9 Å². The monoisotopic (exact) mass is 246 g/mol. The first-order valence-corrected chi connectivity index (χ1v) is 5.03. The van der Waals surface area contributed by atoms with Gasteiger partial charge in [0.2, 0.25) is 12.4 Å². The molecular formula is C10H14O7. The molecule has 1 unspecified atom stereocenters. The van der Waals surface area contributed by atoms with E-state index < -0.39 is 36.4 Å². The predicted octanol–water partition coefficient (Wildman–Crippen LogP) is -0.231. The van der Waals surface area contributed by atoms with Gasteiger partial charge in [0.05, 0.1) is 6.61 Å². The Morgan fingerprint density at radius 2 is 1.47 bits per heavy atom. The summed E-state index contributed by atoms with van der Waals surface area (Å²) in [4.78, 5) is 32.5. The lowest BCUT2D eigenvalue weighted by atomic mass is 10.2. The number of hydrogen-bond acceptors (Lipinski definition) is 7. The van der Waals surface area contributed by atoms with Gasteiger partial charge in [-0.2, -0.15) is 0 Å². The molecule has 0 aliphatic carbocycles. The SMILES string of the molecule is CC(=O)OC1OC[C@H](OC(C)=O)[C@@H]1OC(C)=O. The van der Waals surface area contributed by atoms with Crippen LogP contribution in [0, 0.1) is 0 Å². The molecule has 1 fully saturated rings. The molecule has 0 bridgehead atoms. The average Bonchev–Trinajstić information content (AvgIpc) is 2.47. The van der Waals surface area contributed by atoms with Crippen LogP contribution in [0.4, 0.5) is 0 Å². The first kappa shape index (κ1) is 13.4. The Morgan fingerprint density at radius 1 is 0.941 bits per heavy atom. The van der Waals surface area contributed by atoms with E-state index in [0.29, 0.717) is 0 Å². The maximum atomic E-state index is 10.9. The topological polar surface area (TPSA) is 88.1 Å². The maximum Gasteiger partial charge on any atom is 0.305 e. The van der Waals surface area contributed by atoms with Gasteiger partial charge in [-0.3, -0.25) is 14.4 Å². The highest BCUT2D eigenvalue weighted by molar-refractivity contribution is 5.68. The van der Waals surface area contributed by atoms with E-state index >= 15 is 0 Å². The van der Waals surface area contributed by atoms with Gasteiger partial charge in [0.15, 0.2) is 6.10 Å². The molecule has 7 nitrogen and oxygen atoms in total. The van der Waals surface area contributed by atoms with Crippen molar-refractivity contribution in [3.05, 3.63) is 0 Å². The van der Waals surface area contributed by atoms with Crippen LogP contribution in [-0.4, -0.2) is 43.0 Å². The van der Waals surface area contributed by atoms with Crippen molar-refractivity contribution in [2.45, 2.75) is 39.3 Å². The van der Waals surface area contributed by atoms with E-state index in [1.807, 2.05) is 0 Å². The molecule has 0 aromatic heterocycles. The van der Waals surface area contributed by atoms with Gasteiger partial charge in [-0.25, -0.2) is 0 Å². The third-order valence-corrected chi connectivity index (χ3v) is 1.96. The van der Waals surface area contributed by atoms with Crippen molar-refractivity contribution >= 4 is 17.9 Å². The molecule has 0 aromatic carbocycles. The molecule has 3 atom stereocenters. The summed E-state index contributed by atoms with van der Waals surface area (Å²) in [7, 11) is 0. The van der Waals surface area contributed by atoms with Crippen molar-refractivity contribution in [2.24, 2.45) is 0 Å². The Balaban J connectivity index is 2.69. The first-order valence-electron chi connectivity index (χ1n) is 5.03. The maximum absolute atomic E-state index is 10.9. The molecule has 7 heteroatoms. The lowest BCUT2D eigenvalue weighted by molar-refractivity contribution is -0.192. The normalized spacial score (nSPS) is 27.4. The van der Waals surface area contributed by atoms with Crippen molar-refractivity contribution in [2.75, 3.05) is 6.61 Å². The number of rotatable bonds is 3. The molecule has 0 spiro atoms. The summed E-state index contributed by atoms with van der Waals surface area (Å²) in [6, 6.07) is 0. The molecule has 17 heavy (non-hydrogen) atoms. The van der Waals surface area contributed by atoms with Gasteiger partial charge >= 0.3 is 17.9 Å². The van der Waals surface area contributed by atoms with Gasteiger partial charge in [0.25, 0.3) is 0 Å². The van der Waals surface area contributed by atoms with Crippen LogP contribution in [0.1, 0.15) is 20.8 Å². The third-order valence-electron chi connectivity index (χ3n) is 1.96. The quantitative estimate of drug-likeness (QED) is 0.502. The number of carbonyl (C=O) groups is 3.